The lowest BCUT2D eigenvalue weighted by molar-refractivity contribution is -0.117. The summed E-state index contributed by atoms with van der Waals surface area (Å²) in [6.07, 6.45) is 8.55. The van der Waals surface area contributed by atoms with E-state index >= 15 is 0 Å². The normalized spacial score (nSPS) is 15.9. The summed E-state index contributed by atoms with van der Waals surface area (Å²) in [4.78, 5) is 25.8. The molecule has 2 N–H and O–H groups in total. The maximum Gasteiger partial charge on any atom is 0.254 e. The van der Waals surface area contributed by atoms with Crippen molar-refractivity contribution in [1.29, 1.82) is 0 Å². The number of carbonyl (C=O) groups excluding carboxylic acids is 2. The summed E-state index contributed by atoms with van der Waals surface area (Å²) >= 11 is 1.62. The van der Waals surface area contributed by atoms with Crippen LogP contribution in [0.2, 0.25) is 0 Å². The van der Waals surface area contributed by atoms with Gasteiger partial charge in [0.25, 0.3) is 5.91 Å². The number of nitrogens with one attached hydrogen (secondary N) is 2. The molecule has 1 heterocycles. The SMILES string of the molecule is C=C(/C=C\C(=C/C)SC)/C(NC)=C1\C(=O)NCC(c2ccc(C)cc2)=C1C=O.CC. The second kappa shape index (κ2) is 12.7. The Morgan fingerprint density at radius 2 is 1.83 bits per heavy atom. The Hall–Kier alpha value is -2.79. The molecule has 5 heteroatoms. The van der Waals surface area contributed by atoms with Crippen LogP contribution < -0.4 is 10.6 Å². The lowest BCUT2D eigenvalue weighted by Crippen LogP contribution is -2.35. The van der Waals surface area contributed by atoms with E-state index < -0.39 is 0 Å². The summed E-state index contributed by atoms with van der Waals surface area (Å²) in [6.45, 7) is 12.4. The van der Waals surface area contributed by atoms with Crippen LogP contribution in [0.15, 0.2) is 76.4 Å². The van der Waals surface area contributed by atoms with E-state index in [4.69, 9.17) is 0 Å². The van der Waals surface area contributed by atoms with Gasteiger partial charge in [-0.05, 0) is 42.9 Å². The first-order valence-electron chi connectivity index (χ1n) is 10.00. The van der Waals surface area contributed by atoms with E-state index in [1.54, 1.807) is 18.8 Å². The van der Waals surface area contributed by atoms with Crippen LogP contribution in [-0.4, -0.2) is 32.0 Å². The molecule has 0 saturated heterocycles. The lowest BCUT2D eigenvalue weighted by atomic mass is 9.89. The van der Waals surface area contributed by atoms with Gasteiger partial charge in [0, 0.05) is 24.1 Å². The molecule has 0 aromatic heterocycles. The second-order valence-corrected chi connectivity index (χ2v) is 7.19. The summed E-state index contributed by atoms with van der Waals surface area (Å²) < 4.78 is 0. The van der Waals surface area contributed by atoms with Crippen molar-refractivity contribution in [2.24, 2.45) is 0 Å². The first-order valence-corrected chi connectivity index (χ1v) is 11.2. The zero-order valence-electron chi connectivity index (χ0n) is 18.8. The molecule has 1 aromatic rings. The minimum atomic E-state index is -0.284. The molecular weight excluding hydrogens is 392 g/mol. The zero-order chi connectivity index (χ0) is 22.7. The fourth-order valence-electron chi connectivity index (χ4n) is 3.01. The van der Waals surface area contributed by atoms with E-state index in [0.29, 0.717) is 29.0 Å². The summed E-state index contributed by atoms with van der Waals surface area (Å²) in [6, 6.07) is 7.92. The van der Waals surface area contributed by atoms with Crippen molar-refractivity contribution < 1.29 is 9.59 Å². The van der Waals surface area contributed by atoms with Crippen LogP contribution in [0, 0.1) is 6.92 Å². The number of amides is 1. The molecule has 0 saturated carbocycles. The van der Waals surface area contributed by atoms with Gasteiger partial charge in [0.2, 0.25) is 0 Å². The van der Waals surface area contributed by atoms with Gasteiger partial charge in [0.05, 0.1) is 11.3 Å². The van der Waals surface area contributed by atoms with E-state index in [9.17, 15) is 9.59 Å². The van der Waals surface area contributed by atoms with Crippen molar-refractivity contribution in [3.8, 4) is 0 Å². The second-order valence-electron chi connectivity index (χ2n) is 6.31. The zero-order valence-corrected chi connectivity index (χ0v) is 19.6. The van der Waals surface area contributed by atoms with Crippen LogP contribution in [0.3, 0.4) is 0 Å². The maximum atomic E-state index is 12.7. The highest BCUT2D eigenvalue weighted by molar-refractivity contribution is 8.02. The maximum absolute atomic E-state index is 12.7. The molecule has 1 aromatic carbocycles. The smallest absolute Gasteiger partial charge is 0.254 e. The number of hydrogen-bond acceptors (Lipinski definition) is 4. The first kappa shape index (κ1) is 25.2. The third-order valence-corrected chi connectivity index (χ3v) is 5.40. The number of thioether (sulfide) groups is 1. The van der Waals surface area contributed by atoms with Crippen molar-refractivity contribution in [1.82, 2.24) is 10.6 Å². The number of aryl methyl sites for hydroxylation is 1. The third kappa shape index (κ3) is 6.10. The third-order valence-electron chi connectivity index (χ3n) is 4.56. The highest BCUT2D eigenvalue weighted by Crippen LogP contribution is 2.29. The van der Waals surface area contributed by atoms with Gasteiger partial charge in [-0.25, -0.2) is 0 Å². The molecule has 30 heavy (non-hydrogen) atoms. The van der Waals surface area contributed by atoms with Gasteiger partial charge >= 0.3 is 0 Å². The van der Waals surface area contributed by atoms with Gasteiger partial charge in [-0.3, -0.25) is 9.59 Å². The fraction of sp³-hybridized carbons (Fsp3) is 0.280. The Labute approximate surface area is 184 Å². The Balaban J connectivity index is 0.00000218. The van der Waals surface area contributed by atoms with E-state index in [1.165, 1.54) is 0 Å². The van der Waals surface area contributed by atoms with E-state index in [0.717, 1.165) is 27.9 Å². The molecule has 2 rings (SSSR count). The van der Waals surface area contributed by atoms with Gasteiger partial charge in [0.15, 0.2) is 6.29 Å². The molecular formula is C25H32N2O2S. The van der Waals surface area contributed by atoms with Gasteiger partial charge < -0.3 is 10.6 Å². The number of hydrogen-bond donors (Lipinski definition) is 2. The van der Waals surface area contributed by atoms with Crippen LogP contribution in [0.4, 0.5) is 0 Å². The van der Waals surface area contributed by atoms with Crippen LogP contribution in [0.5, 0.6) is 0 Å². The number of rotatable bonds is 7. The predicted octanol–water partition coefficient (Wildman–Crippen LogP) is 4.96. The molecule has 4 nitrogen and oxygen atoms in total. The largest absolute Gasteiger partial charge is 0.387 e. The van der Waals surface area contributed by atoms with Crippen molar-refractivity contribution in [3.05, 3.63) is 87.5 Å². The average Bonchev–Trinajstić information content (AvgIpc) is 2.78. The van der Waals surface area contributed by atoms with E-state index in [2.05, 4.69) is 17.2 Å². The molecule has 1 aliphatic heterocycles. The van der Waals surface area contributed by atoms with Crippen LogP contribution >= 0.6 is 11.8 Å². The number of likely N-dealkylation sites (N-methyl/N-ethyl adjacent to an activating group) is 1. The van der Waals surface area contributed by atoms with Crippen molar-refractivity contribution in [2.75, 3.05) is 19.8 Å². The molecule has 1 aliphatic rings. The standard InChI is InChI=1S/C23H26N2O2S.C2H6/c1-6-18(28-5)12-9-16(3)22(24-4)21-20(14-26)19(13-25-23(21)27)17-10-7-15(2)8-11-17;1-2/h6-12,14,24H,3,13H2,1-2,4-5H3,(H,25,27);1-2H3/b12-9-,18-6+,22-21+;. The van der Waals surface area contributed by atoms with Crippen molar-refractivity contribution in [3.63, 3.8) is 0 Å². The number of allylic oxidation sites excluding steroid dienone is 3. The molecule has 0 aliphatic carbocycles. The summed E-state index contributed by atoms with van der Waals surface area (Å²) in [5.41, 5.74) is 4.73. The molecule has 0 bridgehead atoms. The van der Waals surface area contributed by atoms with Gasteiger partial charge in [-0.1, -0.05) is 62.4 Å². The lowest BCUT2D eigenvalue weighted by Gasteiger charge is -2.24. The Kier molecular flexibility index (Phi) is 10.7. The monoisotopic (exact) mass is 424 g/mol. The van der Waals surface area contributed by atoms with Crippen LogP contribution in [0.25, 0.3) is 5.57 Å². The van der Waals surface area contributed by atoms with E-state index in [1.807, 2.05) is 76.4 Å². The first-order chi connectivity index (χ1) is 14.5. The van der Waals surface area contributed by atoms with Crippen molar-refractivity contribution in [2.45, 2.75) is 27.7 Å². The highest BCUT2D eigenvalue weighted by atomic mass is 32.2. The molecule has 0 fully saturated rings. The quantitative estimate of drug-likeness (QED) is 0.369. The average molecular weight is 425 g/mol. The molecule has 0 atom stereocenters. The predicted molar refractivity (Wildman–Crippen MR) is 130 cm³/mol. The van der Waals surface area contributed by atoms with Gasteiger partial charge in [-0.15, -0.1) is 11.8 Å². The molecule has 0 unspecified atom stereocenters. The number of benzene rings is 1. The topological polar surface area (TPSA) is 58.2 Å². The van der Waals surface area contributed by atoms with Crippen LogP contribution in [-0.2, 0) is 9.59 Å². The minimum absolute atomic E-state index is 0.284. The summed E-state index contributed by atoms with van der Waals surface area (Å²) in [5, 5.41) is 5.94. The summed E-state index contributed by atoms with van der Waals surface area (Å²) in [7, 11) is 1.72. The molecule has 1 amide bonds. The van der Waals surface area contributed by atoms with Crippen LogP contribution in [0.1, 0.15) is 31.9 Å². The molecule has 160 valence electrons. The Morgan fingerprint density at radius 3 is 2.33 bits per heavy atom. The Morgan fingerprint density at radius 1 is 1.20 bits per heavy atom. The van der Waals surface area contributed by atoms with Crippen molar-refractivity contribution >= 4 is 29.5 Å². The fourth-order valence-corrected chi connectivity index (χ4v) is 3.45. The Bertz CT molecular complexity index is 904. The molecule has 0 spiro atoms. The minimum Gasteiger partial charge on any atom is -0.387 e. The highest BCUT2D eigenvalue weighted by Gasteiger charge is 2.28. The molecule has 0 radical (unpaired) electrons. The van der Waals surface area contributed by atoms with E-state index in [-0.39, 0.29) is 5.91 Å². The van der Waals surface area contributed by atoms with Gasteiger partial charge in [-0.2, -0.15) is 0 Å². The number of carbonyl (C=O) groups is 2. The number of aldehydes is 1. The van der Waals surface area contributed by atoms with Gasteiger partial charge in [0.1, 0.15) is 0 Å². The summed E-state index contributed by atoms with van der Waals surface area (Å²) in [5.74, 6) is -0.284.